The van der Waals surface area contributed by atoms with Crippen LogP contribution in [0.5, 0.6) is 0 Å². The molecule has 1 aliphatic carbocycles. The molecule has 0 saturated heterocycles. The molecule has 238 valence electrons. The summed E-state index contributed by atoms with van der Waals surface area (Å²) in [5.74, 6) is 0.581. The number of hydrogen-bond donors (Lipinski definition) is 1. The molecule has 3 rings (SSSR count). The number of nitrogens with zero attached hydrogens (tertiary/aromatic N) is 2. The van der Waals surface area contributed by atoms with Crippen LogP contribution >= 0.6 is 0 Å². The number of carbonyl (C=O) groups excluding carboxylic acids is 1. The Kier molecular flexibility index (Phi) is 12.7. The molecule has 0 aromatic heterocycles. The third-order valence-corrected chi connectivity index (χ3v) is 9.16. The highest BCUT2D eigenvalue weighted by Gasteiger charge is 2.53. The van der Waals surface area contributed by atoms with Crippen molar-refractivity contribution in [3.63, 3.8) is 0 Å². The van der Waals surface area contributed by atoms with E-state index >= 15 is 0 Å². The summed E-state index contributed by atoms with van der Waals surface area (Å²) >= 11 is 0. The third kappa shape index (κ3) is 7.42. The third-order valence-electron chi connectivity index (χ3n) is 9.16. The summed E-state index contributed by atoms with van der Waals surface area (Å²) in [4.78, 5) is 21.2. The van der Waals surface area contributed by atoms with Crippen LogP contribution in [0, 0.1) is 5.92 Å². The number of aliphatic imine (C=N–C) groups is 1. The molecule has 1 aliphatic heterocycles. The number of allylic oxidation sites excluding steroid dienone is 8. The minimum Gasteiger partial charge on any atom is -0.356 e. The van der Waals surface area contributed by atoms with E-state index in [-0.39, 0.29) is 6.04 Å². The largest absolute Gasteiger partial charge is 0.356 e. The molecule has 44 heavy (non-hydrogen) atoms. The van der Waals surface area contributed by atoms with E-state index in [4.69, 9.17) is 4.99 Å². The van der Waals surface area contributed by atoms with Crippen LogP contribution in [0.4, 0.5) is 10.1 Å². The van der Waals surface area contributed by atoms with E-state index in [0.29, 0.717) is 17.5 Å². The van der Waals surface area contributed by atoms with Crippen molar-refractivity contribution in [2.24, 2.45) is 10.9 Å². The van der Waals surface area contributed by atoms with E-state index in [9.17, 15) is 9.18 Å². The lowest BCUT2D eigenvalue weighted by atomic mass is 9.73. The van der Waals surface area contributed by atoms with Gasteiger partial charge in [-0.15, -0.1) is 0 Å². The molecule has 1 aromatic carbocycles. The van der Waals surface area contributed by atoms with Crippen LogP contribution in [-0.2, 0) is 10.2 Å². The summed E-state index contributed by atoms with van der Waals surface area (Å²) in [6, 6.07) is 6.76. The zero-order valence-electron chi connectivity index (χ0n) is 28.2. The second-order valence-electron chi connectivity index (χ2n) is 12.4. The molecule has 4 nitrogen and oxygen atoms in total. The van der Waals surface area contributed by atoms with Crippen molar-refractivity contribution in [2.45, 2.75) is 118 Å². The Morgan fingerprint density at radius 1 is 1.14 bits per heavy atom. The van der Waals surface area contributed by atoms with Crippen LogP contribution in [-0.4, -0.2) is 18.2 Å². The van der Waals surface area contributed by atoms with Gasteiger partial charge in [-0.3, -0.25) is 9.79 Å². The van der Waals surface area contributed by atoms with Gasteiger partial charge in [0.05, 0.1) is 16.8 Å². The van der Waals surface area contributed by atoms with Gasteiger partial charge in [-0.1, -0.05) is 84.7 Å². The van der Waals surface area contributed by atoms with Gasteiger partial charge in [0.15, 0.2) is 0 Å². The van der Waals surface area contributed by atoms with E-state index in [2.05, 4.69) is 62.3 Å². The van der Waals surface area contributed by atoms with Gasteiger partial charge in [-0.25, -0.2) is 4.39 Å². The van der Waals surface area contributed by atoms with Crippen molar-refractivity contribution in [1.29, 1.82) is 0 Å². The first-order valence-electron chi connectivity index (χ1n) is 16.6. The predicted molar refractivity (Wildman–Crippen MR) is 187 cm³/mol. The van der Waals surface area contributed by atoms with E-state index < -0.39 is 11.2 Å². The van der Waals surface area contributed by atoms with Crippen LogP contribution in [0.3, 0.4) is 0 Å². The maximum atomic E-state index is 14.4. The SMILES string of the molecule is C=C/C(F)=C(\C=C/C)N/C(C)=C(C)/C(=C\C(=C)c1ccc2c(c1)N(C1CC(CCC)C1)C(=O)C2(CCC)CCC)N=CCC. The average molecular weight is 600 g/mol. The first kappa shape index (κ1) is 35.0. The standard InChI is InChI=1S/C39H54FN3O/c1-10-16-30-24-32(25-30)43-37-26-31(18-19-33(37)39(20-12-3,21-13-4)38(43)44)27(7)23-36(41-22-14-5)28(8)29(9)42-35(17-11-2)34(40)15-6/h11,15,17-19,22-23,26,30,32,42H,6-7,10,12-14,16,20-21,24-25H2,1-5,8-9H3/b17-11-,29-28+,35-34-,36-23+,41-22?. The molecule has 1 amide bonds. The highest BCUT2D eigenvalue weighted by atomic mass is 19.1. The van der Waals surface area contributed by atoms with Crippen LogP contribution < -0.4 is 10.2 Å². The van der Waals surface area contributed by atoms with E-state index in [1.807, 2.05) is 40.0 Å². The predicted octanol–water partition coefficient (Wildman–Crippen LogP) is 10.7. The molecule has 1 heterocycles. The Morgan fingerprint density at radius 2 is 1.82 bits per heavy atom. The van der Waals surface area contributed by atoms with Gasteiger partial charge in [-0.2, -0.15) is 0 Å². The summed E-state index contributed by atoms with van der Waals surface area (Å²) < 4.78 is 14.4. The fourth-order valence-corrected chi connectivity index (χ4v) is 6.80. The van der Waals surface area contributed by atoms with Crippen molar-refractivity contribution < 1.29 is 9.18 Å². The van der Waals surface area contributed by atoms with Gasteiger partial charge in [-0.05, 0) is 105 Å². The molecule has 0 radical (unpaired) electrons. The highest BCUT2D eigenvalue weighted by Crippen LogP contribution is 2.52. The van der Waals surface area contributed by atoms with Gasteiger partial charge in [0.2, 0.25) is 5.91 Å². The number of fused-ring (bicyclic) bond motifs is 1. The lowest BCUT2D eigenvalue weighted by molar-refractivity contribution is -0.124. The zero-order valence-corrected chi connectivity index (χ0v) is 28.2. The summed E-state index contributed by atoms with van der Waals surface area (Å²) in [5.41, 5.74) is 6.36. The molecule has 0 bridgehead atoms. The Morgan fingerprint density at radius 3 is 2.39 bits per heavy atom. The topological polar surface area (TPSA) is 44.7 Å². The average Bonchev–Trinajstić information content (AvgIpc) is 3.22. The number of nitrogens with one attached hydrogen (secondary N) is 1. The van der Waals surface area contributed by atoms with Gasteiger partial charge >= 0.3 is 0 Å². The van der Waals surface area contributed by atoms with Crippen molar-refractivity contribution in [3.8, 4) is 0 Å². The van der Waals surface area contributed by atoms with Crippen LogP contribution in [0.15, 0.2) is 89.1 Å². The maximum absolute atomic E-state index is 14.4. The molecule has 1 saturated carbocycles. The number of anilines is 1. The number of rotatable bonds is 16. The van der Waals surface area contributed by atoms with Crippen LogP contribution in [0.25, 0.3) is 5.57 Å². The van der Waals surface area contributed by atoms with Gasteiger partial charge in [0, 0.05) is 23.6 Å². The minimum atomic E-state index is -0.443. The van der Waals surface area contributed by atoms with Gasteiger partial charge in [0.1, 0.15) is 5.83 Å². The molecule has 2 aliphatic rings. The lowest BCUT2D eigenvalue weighted by Gasteiger charge is -2.42. The molecule has 1 N–H and O–H groups in total. The Balaban J connectivity index is 2.07. The Labute approximate surface area is 266 Å². The van der Waals surface area contributed by atoms with E-state index in [1.165, 1.54) is 24.5 Å². The minimum absolute atomic E-state index is 0.270. The number of carbonyl (C=O) groups is 1. The number of halogens is 1. The van der Waals surface area contributed by atoms with E-state index in [1.54, 1.807) is 12.2 Å². The molecular weight excluding hydrogens is 545 g/mol. The van der Waals surface area contributed by atoms with Crippen molar-refractivity contribution in [3.05, 3.63) is 95.3 Å². The van der Waals surface area contributed by atoms with Crippen molar-refractivity contribution in [2.75, 3.05) is 4.90 Å². The maximum Gasteiger partial charge on any atom is 0.237 e. The molecule has 1 fully saturated rings. The Bertz CT molecular complexity index is 1360. The number of amides is 1. The summed E-state index contributed by atoms with van der Waals surface area (Å²) in [5, 5.41) is 3.19. The monoisotopic (exact) mass is 599 g/mol. The van der Waals surface area contributed by atoms with E-state index in [0.717, 1.165) is 78.7 Å². The summed E-state index contributed by atoms with van der Waals surface area (Å²) in [6.45, 7) is 22.4. The first-order chi connectivity index (χ1) is 21.1. The van der Waals surface area contributed by atoms with Crippen molar-refractivity contribution in [1.82, 2.24) is 5.32 Å². The second-order valence-corrected chi connectivity index (χ2v) is 12.4. The molecular formula is C39H54FN3O. The number of benzene rings is 1. The smallest absolute Gasteiger partial charge is 0.237 e. The van der Waals surface area contributed by atoms with Crippen LogP contribution in [0.2, 0.25) is 0 Å². The fraction of sp³-hybridized carbons (Fsp3) is 0.487. The summed E-state index contributed by atoms with van der Waals surface area (Å²) in [7, 11) is 0. The molecule has 0 spiro atoms. The Hall–Kier alpha value is -3.47. The molecule has 0 atom stereocenters. The van der Waals surface area contributed by atoms with Crippen molar-refractivity contribution >= 4 is 23.4 Å². The van der Waals surface area contributed by atoms with Crippen LogP contribution in [0.1, 0.15) is 117 Å². The van der Waals surface area contributed by atoms with Gasteiger partial charge in [0.25, 0.3) is 0 Å². The van der Waals surface area contributed by atoms with Gasteiger partial charge < -0.3 is 10.2 Å². The quantitative estimate of drug-likeness (QED) is 0.152. The lowest BCUT2D eigenvalue weighted by Crippen LogP contribution is -2.50. The zero-order chi connectivity index (χ0) is 32.4. The molecule has 1 aromatic rings. The fourth-order valence-electron chi connectivity index (χ4n) is 6.80. The second kappa shape index (κ2) is 16.0. The summed E-state index contributed by atoms with van der Waals surface area (Å²) in [6.07, 6.45) is 17.6. The molecule has 5 heteroatoms. The highest BCUT2D eigenvalue weighted by molar-refractivity contribution is 6.09. The number of hydrogen-bond acceptors (Lipinski definition) is 3. The molecule has 0 unspecified atom stereocenters. The normalized spacial score (nSPS) is 20.9. The first-order valence-corrected chi connectivity index (χ1v) is 16.6.